The number of hydrogen-bond donors (Lipinski definition) is 2. The molecule has 0 saturated carbocycles. The zero-order valence-corrected chi connectivity index (χ0v) is 14.0. The van der Waals surface area contributed by atoms with Crippen molar-refractivity contribution in [3.63, 3.8) is 0 Å². The number of urea groups is 1. The summed E-state index contributed by atoms with van der Waals surface area (Å²) in [4.78, 5) is 23.4. The average molecular weight is 322 g/mol. The van der Waals surface area contributed by atoms with Crippen LogP contribution in [0, 0.1) is 0 Å². The van der Waals surface area contributed by atoms with Gasteiger partial charge in [0.1, 0.15) is 6.61 Å². The van der Waals surface area contributed by atoms with Crippen molar-refractivity contribution in [2.45, 2.75) is 33.2 Å². The van der Waals surface area contributed by atoms with Gasteiger partial charge in [-0.2, -0.15) is 0 Å². The Morgan fingerprint density at radius 3 is 1.90 bits per heavy atom. The fourth-order valence-electron chi connectivity index (χ4n) is 1.90. The fourth-order valence-corrected chi connectivity index (χ4v) is 4.49. The minimum Gasteiger partial charge on any atom is -0.387 e. The van der Waals surface area contributed by atoms with Crippen LogP contribution in [-0.2, 0) is 18.1 Å². The summed E-state index contributed by atoms with van der Waals surface area (Å²) < 4.78 is 17.0. The Labute approximate surface area is 126 Å². The first-order chi connectivity index (χ1) is 9.96. The number of rotatable bonds is 11. The van der Waals surface area contributed by atoms with E-state index >= 15 is 0 Å². The summed E-state index contributed by atoms with van der Waals surface area (Å²) in [5.74, 6) is -0.723. The van der Waals surface area contributed by atoms with E-state index < -0.39 is 27.3 Å². The molecule has 21 heavy (non-hydrogen) atoms. The molecule has 0 heterocycles. The number of carbonyl (C=O) groups is 2. The number of imide groups is 1. The highest BCUT2D eigenvalue weighted by molar-refractivity contribution is 6.60. The number of carbonyl (C=O) groups excluding carboxylic acids is 2. The summed E-state index contributed by atoms with van der Waals surface area (Å²) in [5, 5.41) is 8.80. The highest BCUT2D eigenvalue weighted by atomic mass is 28.4. The van der Waals surface area contributed by atoms with Crippen LogP contribution in [0.4, 0.5) is 4.79 Å². The first-order valence-corrected chi connectivity index (χ1v) is 9.02. The standard InChI is InChI=1S/C12H26N2O6Si/c1-4-18-21(19-5-2,20-6-3)9-7-8-14(12(13)17)11(16)10-15/h15H,4-10H2,1-3H3,(H2,13,17). The van der Waals surface area contributed by atoms with Crippen molar-refractivity contribution >= 4 is 20.7 Å². The number of aliphatic hydroxyl groups is 1. The predicted molar refractivity (Wildman–Crippen MR) is 78.4 cm³/mol. The third-order valence-corrected chi connectivity index (χ3v) is 5.81. The molecule has 0 aliphatic heterocycles. The molecule has 0 atom stereocenters. The maximum Gasteiger partial charge on any atom is 0.500 e. The third-order valence-electron chi connectivity index (χ3n) is 2.66. The molecule has 9 heteroatoms. The second kappa shape index (κ2) is 10.7. The molecule has 0 rings (SSSR count). The van der Waals surface area contributed by atoms with E-state index in [0.29, 0.717) is 32.3 Å². The molecule has 0 aromatic heterocycles. The van der Waals surface area contributed by atoms with Crippen LogP contribution in [0.3, 0.4) is 0 Å². The van der Waals surface area contributed by atoms with Crippen LogP contribution in [0.25, 0.3) is 0 Å². The van der Waals surface area contributed by atoms with E-state index in [-0.39, 0.29) is 6.54 Å². The quantitative estimate of drug-likeness (QED) is 0.530. The topological polar surface area (TPSA) is 111 Å². The number of primary amides is 1. The zero-order chi connectivity index (χ0) is 16.3. The molecule has 0 fully saturated rings. The molecule has 0 bridgehead atoms. The second-order valence-corrected chi connectivity index (χ2v) is 6.86. The Morgan fingerprint density at radius 1 is 1.10 bits per heavy atom. The van der Waals surface area contributed by atoms with Crippen LogP contribution in [0.1, 0.15) is 27.2 Å². The first kappa shape index (κ1) is 20.0. The highest BCUT2D eigenvalue weighted by Gasteiger charge is 2.40. The monoisotopic (exact) mass is 322 g/mol. The molecule has 0 radical (unpaired) electrons. The molecule has 0 aromatic carbocycles. The lowest BCUT2D eigenvalue weighted by Crippen LogP contribution is -2.47. The molecule has 0 aliphatic carbocycles. The van der Waals surface area contributed by atoms with Crippen molar-refractivity contribution < 1.29 is 28.0 Å². The Kier molecular flexibility index (Phi) is 10.2. The van der Waals surface area contributed by atoms with E-state index in [1.54, 1.807) is 0 Å². The van der Waals surface area contributed by atoms with Gasteiger partial charge in [0.15, 0.2) is 0 Å². The van der Waals surface area contributed by atoms with Crippen molar-refractivity contribution in [1.29, 1.82) is 0 Å². The molecule has 0 aromatic rings. The molecular weight excluding hydrogens is 296 g/mol. The van der Waals surface area contributed by atoms with Gasteiger partial charge in [-0.15, -0.1) is 0 Å². The Hall–Kier alpha value is -1.00. The van der Waals surface area contributed by atoms with Gasteiger partial charge in [0.05, 0.1) is 0 Å². The van der Waals surface area contributed by atoms with Gasteiger partial charge in [-0.1, -0.05) is 0 Å². The van der Waals surface area contributed by atoms with Crippen LogP contribution < -0.4 is 5.73 Å². The number of amides is 3. The maximum atomic E-state index is 11.4. The summed E-state index contributed by atoms with van der Waals surface area (Å²) in [7, 11) is -2.79. The number of nitrogens with two attached hydrogens (primary N) is 1. The van der Waals surface area contributed by atoms with E-state index in [9.17, 15) is 9.59 Å². The maximum absolute atomic E-state index is 11.4. The second-order valence-electron chi connectivity index (χ2n) is 4.13. The van der Waals surface area contributed by atoms with Gasteiger partial charge >= 0.3 is 14.8 Å². The van der Waals surface area contributed by atoms with E-state index in [4.69, 9.17) is 24.1 Å². The van der Waals surface area contributed by atoms with E-state index in [1.165, 1.54) is 0 Å². The molecule has 0 spiro atoms. The molecule has 8 nitrogen and oxygen atoms in total. The molecule has 3 amide bonds. The molecule has 3 N–H and O–H groups in total. The van der Waals surface area contributed by atoms with Crippen LogP contribution in [0.15, 0.2) is 0 Å². The van der Waals surface area contributed by atoms with Gasteiger partial charge in [-0.05, 0) is 27.2 Å². The van der Waals surface area contributed by atoms with E-state index in [2.05, 4.69) is 0 Å². The number of hydrogen-bond acceptors (Lipinski definition) is 6. The SMILES string of the molecule is CCO[Si](CCCN(C(N)=O)C(=O)CO)(OCC)OCC. The minimum absolute atomic E-state index is 0.0939. The Balaban J connectivity index is 4.65. The molecule has 0 unspecified atom stereocenters. The average Bonchev–Trinajstić information content (AvgIpc) is 2.43. The molecule has 0 saturated heterocycles. The summed E-state index contributed by atoms with van der Waals surface area (Å²) >= 11 is 0. The fraction of sp³-hybridized carbons (Fsp3) is 0.833. The van der Waals surface area contributed by atoms with Gasteiger partial charge in [0, 0.05) is 32.4 Å². The normalized spacial score (nSPS) is 11.4. The van der Waals surface area contributed by atoms with Gasteiger partial charge in [-0.3, -0.25) is 9.69 Å². The van der Waals surface area contributed by atoms with Crippen molar-refractivity contribution in [3.05, 3.63) is 0 Å². The van der Waals surface area contributed by atoms with Crippen LogP contribution in [-0.4, -0.2) is 63.7 Å². The van der Waals surface area contributed by atoms with Gasteiger partial charge in [-0.25, -0.2) is 4.79 Å². The van der Waals surface area contributed by atoms with Crippen molar-refractivity contribution in [2.75, 3.05) is 33.0 Å². The Morgan fingerprint density at radius 2 is 1.57 bits per heavy atom. The predicted octanol–water partition coefficient (Wildman–Crippen LogP) is 0.325. The highest BCUT2D eigenvalue weighted by Crippen LogP contribution is 2.18. The lowest BCUT2D eigenvalue weighted by atomic mass is 10.4. The summed E-state index contributed by atoms with van der Waals surface area (Å²) in [6, 6.07) is -0.420. The molecular formula is C12H26N2O6Si. The van der Waals surface area contributed by atoms with Crippen molar-refractivity contribution in [1.82, 2.24) is 4.90 Å². The zero-order valence-electron chi connectivity index (χ0n) is 13.0. The smallest absolute Gasteiger partial charge is 0.387 e. The van der Waals surface area contributed by atoms with Crippen LogP contribution in [0.5, 0.6) is 0 Å². The summed E-state index contributed by atoms with van der Waals surface area (Å²) in [6.45, 7) is 6.27. The van der Waals surface area contributed by atoms with Crippen LogP contribution >= 0.6 is 0 Å². The lowest BCUT2D eigenvalue weighted by Gasteiger charge is -2.29. The summed E-state index contributed by atoms with van der Waals surface area (Å²) in [6.07, 6.45) is 0.431. The third kappa shape index (κ3) is 7.00. The Bertz CT molecular complexity index is 312. The largest absolute Gasteiger partial charge is 0.500 e. The van der Waals surface area contributed by atoms with Gasteiger partial charge < -0.3 is 24.1 Å². The summed E-state index contributed by atoms with van der Waals surface area (Å²) in [5.41, 5.74) is 5.11. The first-order valence-electron chi connectivity index (χ1n) is 7.08. The van der Waals surface area contributed by atoms with Gasteiger partial charge in [0.25, 0.3) is 5.91 Å². The van der Waals surface area contributed by atoms with E-state index in [1.807, 2.05) is 20.8 Å². The number of aliphatic hydroxyl groups excluding tert-OH is 1. The van der Waals surface area contributed by atoms with Crippen molar-refractivity contribution in [3.8, 4) is 0 Å². The lowest BCUT2D eigenvalue weighted by molar-refractivity contribution is -0.131. The minimum atomic E-state index is -2.79. The van der Waals surface area contributed by atoms with E-state index in [0.717, 1.165) is 4.90 Å². The molecule has 0 aliphatic rings. The van der Waals surface area contributed by atoms with Crippen molar-refractivity contribution in [2.24, 2.45) is 5.73 Å². The van der Waals surface area contributed by atoms with Crippen LogP contribution in [0.2, 0.25) is 6.04 Å². The number of nitrogens with zero attached hydrogens (tertiary/aromatic N) is 1. The molecule has 124 valence electrons. The van der Waals surface area contributed by atoms with Gasteiger partial charge in [0.2, 0.25) is 0 Å².